The molecule has 1 heterocycles. The third-order valence-electron chi connectivity index (χ3n) is 2.97. The Bertz CT molecular complexity index is 542. The molecule has 0 bridgehead atoms. The number of hydrogen-bond acceptors (Lipinski definition) is 5. The second-order valence-electron chi connectivity index (χ2n) is 4.63. The molecule has 106 valence electrons. The van der Waals surface area contributed by atoms with E-state index in [1.165, 1.54) is 0 Å². The Morgan fingerprint density at radius 3 is 2.60 bits per heavy atom. The normalized spacial score (nSPS) is 10.3. The summed E-state index contributed by atoms with van der Waals surface area (Å²) in [7, 11) is 5.56. The highest BCUT2D eigenvalue weighted by molar-refractivity contribution is 5.34. The molecule has 0 saturated carbocycles. The van der Waals surface area contributed by atoms with Gasteiger partial charge in [0.25, 0.3) is 0 Å². The molecule has 0 radical (unpaired) electrons. The summed E-state index contributed by atoms with van der Waals surface area (Å²) in [5.74, 6) is 1.58. The first-order valence-electron chi connectivity index (χ1n) is 6.52. The first-order valence-corrected chi connectivity index (χ1v) is 6.52. The molecular weight excluding hydrogens is 252 g/mol. The number of aromatic nitrogens is 2. The van der Waals surface area contributed by atoms with Gasteiger partial charge in [-0.05, 0) is 24.7 Å². The zero-order valence-corrected chi connectivity index (χ0v) is 12.1. The zero-order chi connectivity index (χ0) is 14.4. The van der Waals surface area contributed by atoms with Crippen LogP contribution in [0.2, 0.25) is 0 Å². The number of nitrogens with zero attached hydrogens (tertiary/aromatic N) is 3. The first kappa shape index (κ1) is 14.3. The van der Waals surface area contributed by atoms with E-state index in [0.717, 1.165) is 30.0 Å². The highest BCUT2D eigenvalue weighted by atomic mass is 16.5. The van der Waals surface area contributed by atoms with Crippen LogP contribution in [-0.4, -0.2) is 31.2 Å². The zero-order valence-electron chi connectivity index (χ0n) is 12.1. The Kier molecular flexibility index (Phi) is 4.90. The van der Waals surface area contributed by atoms with Crippen LogP contribution in [0.5, 0.6) is 5.75 Å². The van der Waals surface area contributed by atoms with Crippen molar-refractivity contribution in [2.24, 2.45) is 0 Å². The Morgan fingerprint density at radius 2 is 1.95 bits per heavy atom. The van der Waals surface area contributed by atoms with Crippen molar-refractivity contribution in [3.05, 3.63) is 47.8 Å². The molecule has 0 unspecified atom stereocenters. The maximum absolute atomic E-state index is 5.23. The van der Waals surface area contributed by atoms with Gasteiger partial charge in [0.05, 0.1) is 7.11 Å². The summed E-state index contributed by atoms with van der Waals surface area (Å²) in [6.07, 6.45) is 3.70. The Hall–Kier alpha value is -2.14. The highest BCUT2D eigenvalue weighted by Crippen LogP contribution is 2.15. The van der Waals surface area contributed by atoms with Crippen molar-refractivity contribution in [2.45, 2.75) is 13.1 Å². The molecule has 1 aromatic heterocycles. The molecule has 0 amide bonds. The average Bonchev–Trinajstić information content (AvgIpc) is 2.48. The number of anilines is 1. The van der Waals surface area contributed by atoms with E-state index in [0.29, 0.717) is 5.95 Å². The number of benzene rings is 1. The molecule has 1 N–H and O–H groups in total. The van der Waals surface area contributed by atoms with Crippen molar-refractivity contribution >= 4 is 5.95 Å². The van der Waals surface area contributed by atoms with Crippen LogP contribution in [0.1, 0.15) is 11.1 Å². The minimum atomic E-state index is 0.715. The van der Waals surface area contributed by atoms with Crippen molar-refractivity contribution in [2.75, 3.05) is 26.1 Å². The van der Waals surface area contributed by atoms with Gasteiger partial charge in [-0.2, -0.15) is 0 Å². The minimum Gasteiger partial charge on any atom is -0.497 e. The van der Waals surface area contributed by atoms with Crippen molar-refractivity contribution in [1.29, 1.82) is 0 Å². The predicted molar refractivity (Wildman–Crippen MR) is 79.9 cm³/mol. The van der Waals surface area contributed by atoms with Crippen molar-refractivity contribution in [3.8, 4) is 5.75 Å². The second-order valence-corrected chi connectivity index (χ2v) is 4.63. The lowest BCUT2D eigenvalue weighted by Gasteiger charge is -2.17. The number of ether oxygens (including phenoxy) is 1. The molecule has 2 rings (SSSR count). The van der Waals surface area contributed by atoms with Gasteiger partial charge in [-0.3, -0.25) is 0 Å². The third kappa shape index (κ3) is 3.68. The van der Waals surface area contributed by atoms with Crippen LogP contribution in [0, 0.1) is 0 Å². The number of methoxy groups -OCH3 is 1. The molecule has 0 aliphatic rings. The van der Waals surface area contributed by atoms with Crippen LogP contribution >= 0.6 is 0 Å². The Morgan fingerprint density at radius 1 is 1.20 bits per heavy atom. The summed E-state index contributed by atoms with van der Waals surface area (Å²) in [4.78, 5) is 10.8. The molecule has 20 heavy (non-hydrogen) atoms. The van der Waals surface area contributed by atoms with Crippen molar-refractivity contribution in [3.63, 3.8) is 0 Å². The summed E-state index contributed by atoms with van der Waals surface area (Å²) >= 11 is 0. The monoisotopic (exact) mass is 272 g/mol. The van der Waals surface area contributed by atoms with E-state index in [1.807, 2.05) is 49.6 Å². The predicted octanol–water partition coefficient (Wildman–Crippen LogP) is 1.84. The third-order valence-corrected chi connectivity index (χ3v) is 2.97. The molecule has 5 heteroatoms. The lowest BCUT2D eigenvalue weighted by Crippen LogP contribution is -2.19. The molecule has 0 saturated heterocycles. The van der Waals surface area contributed by atoms with Gasteiger partial charge in [0.15, 0.2) is 0 Å². The van der Waals surface area contributed by atoms with Crippen LogP contribution in [0.15, 0.2) is 36.7 Å². The summed E-state index contributed by atoms with van der Waals surface area (Å²) in [5.41, 5.74) is 2.24. The lowest BCUT2D eigenvalue weighted by atomic mass is 10.2. The Balaban J connectivity index is 2.05. The molecule has 0 aliphatic heterocycles. The van der Waals surface area contributed by atoms with E-state index >= 15 is 0 Å². The van der Waals surface area contributed by atoms with Gasteiger partial charge in [0, 0.05) is 38.1 Å². The van der Waals surface area contributed by atoms with Gasteiger partial charge < -0.3 is 15.0 Å². The summed E-state index contributed by atoms with van der Waals surface area (Å²) in [6.45, 7) is 1.52. The average molecular weight is 272 g/mol. The Labute approximate surface area is 119 Å². The number of nitrogens with one attached hydrogen (secondary N) is 1. The standard InChI is InChI=1S/C15H20N4O/c1-16-8-13-9-17-15(18-10-13)19(2)11-12-5-4-6-14(7-12)20-3/h4-7,9-10,16H,8,11H2,1-3H3. The highest BCUT2D eigenvalue weighted by Gasteiger charge is 2.06. The van der Waals surface area contributed by atoms with Gasteiger partial charge in [-0.25, -0.2) is 9.97 Å². The van der Waals surface area contributed by atoms with Gasteiger partial charge in [-0.1, -0.05) is 12.1 Å². The molecule has 5 nitrogen and oxygen atoms in total. The van der Waals surface area contributed by atoms with Crippen LogP contribution in [0.3, 0.4) is 0 Å². The van der Waals surface area contributed by atoms with Gasteiger partial charge in [0.2, 0.25) is 5.95 Å². The fourth-order valence-electron chi connectivity index (χ4n) is 1.96. The van der Waals surface area contributed by atoms with E-state index in [-0.39, 0.29) is 0 Å². The molecule has 0 fully saturated rings. The van der Waals surface area contributed by atoms with E-state index in [2.05, 4.69) is 21.4 Å². The largest absolute Gasteiger partial charge is 0.497 e. The molecular formula is C15H20N4O. The van der Waals surface area contributed by atoms with E-state index in [1.54, 1.807) is 7.11 Å². The van der Waals surface area contributed by atoms with Crippen molar-refractivity contribution in [1.82, 2.24) is 15.3 Å². The quantitative estimate of drug-likeness (QED) is 0.869. The SMILES string of the molecule is CNCc1cnc(N(C)Cc2cccc(OC)c2)nc1. The second kappa shape index (κ2) is 6.86. The molecule has 0 aliphatic carbocycles. The summed E-state index contributed by atoms with van der Waals surface area (Å²) < 4.78 is 5.23. The first-order chi connectivity index (χ1) is 9.72. The van der Waals surface area contributed by atoms with E-state index in [4.69, 9.17) is 4.74 Å². The van der Waals surface area contributed by atoms with Crippen LogP contribution < -0.4 is 15.0 Å². The number of hydrogen-bond donors (Lipinski definition) is 1. The molecule has 2 aromatic rings. The molecule has 0 atom stereocenters. The maximum atomic E-state index is 5.23. The van der Waals surface area contributed by atoms with Crippen LogP contribution in [0.4, 0.5) is 5.95 Å². The summed E-state index contributed by atoms with van der Waals surface area (Å²) in [5, 5.41) is 3.08. The summed E-state index contributed by atoms with van der Waals surface area (Å²) in [6, 6.07) is 8.01. The fourth-order valence-corrected chi connectivity index (χ4v) is 1.96. The maximum Gasteiger partial charge on any atom is 0.225 e. The van der Waals surface area contributed by atoms with Crippen molar-refractivity contribution < 1.29 is 4.74 Å². The minimum absolute atomic E-state index is 0.715. The lowest BCUT2D eigenvalue weighted by molar-refractivity contribution is 0.414. The topological polar surface area (TPSA) is 50.3 Å². The van der Waals surface area contributed by atoms with E-state index < -0.39 is 0 Å². The van der Waals surface area contributed by atoms with Crippen LogP contribution in [-0.2, 0) is 13.1 Å². The smallest absolute Gasteiger partial charge is 0.225 e. The van der Waals surface area contributed by atoms with Gasteiger partial charge in [-0.15, -0.1) is 0 Å². The van der Waals surface area contributed by atoms with E-state index in [9.17, 15) is 0 Å². The van der Waals surface area contributed by atoms with Crippen LogP contribution in [0.25, 0.3) is 0 Å². The molecule has 1 aromatic carbocycles. The molecule has 0 spiro atoms. The number of rotatable bonds is 6. The fraction of sp³-hybridized carbons (Fsp3) is 0.333. The van der Waals surface area contributed by atoms with Gasteiger partial charge in [0.1, 0.15) is 5.75 Å². The van der Waals surface area contributed by atoms with Gasteiger partial charge >= 0.3 is 0 Å².